The maximum absolute atomic E-state index is 11.2. The van der Waals surface area contributed by atoms with Gasteiger partial charge in [-0.2, -0.15) is 0 Å². The highest BCUT2D eigenvalue weighted by molar-refractivity contribution is 5.71. The van der Waals surface area contributed by atoms with Gasteiger partial charge in [-0.15, -0.1) is 0 Å². The fraction of sp³-hybridized carbons (Fsp3) is 0.824. The molecule has 0 rings (SSSR count). The van der Waals surface area contributed by atoms with E-state index in [2.05, 4.69) is 6.92 Å². The molecule has 2 nitrogen and oxygen atoms in total. The number of hydrogen-bond donors (Lipinski definition) is 0. The topological polar surface area (TPSA) is 26.3 Å². The van der Waals surface area contributed by atoms with Gasteiger partial charge in [0, 0.05) is 0 Å². The molecule has 0 heterocycles. The van der Waals surface area contributed by atoms with Crippen LogP contribution in [0.5, 0.6) is 0 Å². The van der Waals surface area contributed by atoms with Crippen LogP contribution in [0.25, 0.3) is 0 Å². The molecule has 0 unspecified atom stereocenters. The van der Waals surface area contributed by atoms with Gasteiger partial charge in [-0.3, -0.25) is 4.79 Å². The summed E-state index contributed by atoms with van der Waals surface area (Å²) >= 11 is 0. The standard InChI is InChI=1S/C17H32O2/c1-3-5-7-8-9-10-11-12-13-14-16-19-17(18)15-6-4-2/h4,6H,3,5,7-16H2,1-2H3. The number of hydrogen-bond acceptors (Lipinski definition) is 2. The molecule has 0 aromatic heterocycles. The fourth-order valence-electron chi connectivity index (χ4n) is 2.05. The Morgan fingerprint density at radius 2 is 1.42 bits per heavy atom. The van der Waals surface area contributed by atoms with Crippen molar-refractivity contribution in [2.24, 2.45) is 0 Å². The summed E-state index contributed by atoms with van der Waals surface area (Å²) in [5.41, 5.74) is 0. The van der Waals surface area contributed by atoms with E-state index in [1.165, 1.54) is 57.8 Å². The third kappa shape index (κ3) is 15.2. The van der Waals surface area contributed by atoms with Crippen molar-refractivity contribution in [3.8, 4) is 0 Å². The molecule has 0 saturated heterocycles. The fourth-order valence-corrected chi connectivity index (χ4v) is 2.05. The molecule has 0 radical (unpaired) electrons. The largest absolute Gasteiger partial charge is 0.465 e. The summed E-state index contributed by atoms with van der Waals surface area (Å²) in [6.07, 6.45) is 17.2. The van der Waals surface area contributed by atoms with Gasteiger partial charge in [-0.1, -0.05) is 76.9 Å². The lowest BCUT2D eigenvalue weighted by atomic mass is 10.1. The van der Waals surface area contributed by atoms with E-state index in [9.17, 15) is 4.79 Å². The van der Waals surface area contributed by atoms with Crippen molar-refractivity contribution in [2.75, 3.05) is 6.61 Å². The molecule has 19 heavy (non-hydrogen) atoms. The van der Waals surface area contributed by atoms with Crippen LogP contribution < -0.4 is 0 Å². The van der Waals surface area contributed by atoms with Crippen molar-refractivity contribution in [3.63, 3.8) is 0 Å². The first-order chi connectivity index (χ1) is 9.31. The van der Waals surface area contributed by atoms with Gasteiger partial charge in [0.15, 0.2) is 0 Å². The number of unbranched alkanes of at least 4 members (excludes halogenated alkanes) is 9. The molecule has 0 spiro atoms. The lowest BCUT2D eigenvalue weighted by molar-refractivity contribution is -0.142. The van der Waals surface area contributed by atoms with Gasteiger partial charge in [0.25, 0.3) is 0 Å². The molecule has 0 saturated carbocycles. The predicted molar refractivity (Wildman–Crippen MR) is 82.2 cm³/mol. The van der Waals surface area contributed by atoms with Gasteiger partial charge in [-0.25, -0.2) is 0 Å². The van der Waals surface area contributed by atoms with E-state index in [1.54, 1.807) is 0 Å². The Hall–Kier alpha value is -0.790. The Bertz CT molecular complexity index is 221. The Kier molecular flexibility index (Phi) is 14.6. The molecule has 0 aromatic rings. The van der Waals surface area contributed by atoms with E-state index in [4.69, 9.17) is 4.74 Å². The molecule has 0 aliphatic rings. The number of ether oxygens (including phenoxy) is 1. The SMILES string of the molecule is CC=CCC(=O)OCCCCCCCCCCCC. The number of esters is 1. The van der Waals surface area contributed by atoms with Gasteiger partial charge in [0.1, 0.15) is 0 Å². The van der Waals surface area contributed by atoms with Gasteiger partial charge < -0.3 is 4.74 Å². The van der Waals surface area contributed by atoms with Crippen molar-refractivity contribution in [3.05, 3.63) is 12.2 Å². The molecule has 2 heteroatoms. The third-order valence-corrected chi connectivity index (χ3v) is 3.28. The van der Waals surface area contributed by atoms with Gasteiger partial charge in [0.2, 0.25) is 0 Å². The lowest BCUT2D eigenvalue weighted by Gasteiger charge is -2.04. The van der Waals surface area contributed by atoms with Crippen LogP contribution in [0.1, 0.15) is 84.5 Å². The van der Waals surface area contributed by atoms with Crippen LogP contribution >= 0.6 is 0 Å². The van der Waals surface area contributed by atoms with Crippen LogP contribution in [-0.4, -0.2) is 12.6 Å². The molecule has 0 N–H and O–H groups in total. The maximum atomic E-state index is 11.2. The quantitative estimate of drug-likeness (QED) is 0.253. The smallest absolute Gasteiger partial charge is 0.309 e. The molecule has 0 amide bonds. The minimum Gasteiger partial charge on any atom is -0.465 e. The molecular weight excluding hydrogens is 236 g/mol. The monoisotopic (exact) mass is 268 g/mol. The zero-order valence-corrected chi connectivity index (χ0v) is 13.0. The second-order valence-electron chi connectivity index (χ2n) is 5.18. The minimum atomic E-state index is -0.103. The summed E-state index contributed by atoms with van der Waals surface area (Å²) in [4.78, 5) is 11.2. The van der Waals surface area contributed by atoms with Crippen molar-refractivity contribution in [2.45, 2.75) is 84.5 Å². The molecule has 0 aliphatic heterocycles. The number of allylic oxidation sites excluding steroid dienone is 1. The summed E-state index contributed by atoms with van der Waals surface area (Å²) in [5, 5.41) is 0. The van der Waals surface area contributed by atoms with Crippen molar-refractivity contribution in [1.82, 2.24) is 0 Å². The molecule has 0 aliphatic carbocycles. The summed E-state index contributed by atoms with van der Waals surface area (Å²) in [7, 11) is 0. The van der Waals surface area contributed by atoms with Crippen molar-refractivity contribution >= 4 is 5.97 Å². The molecule has 0 bridgehead atoms. The third-order valence-electron chi connectivity index (χ3n) is 3.28. The molecule has 0 aromatic carbocycles. The first-order valence-corrected chi connectivity index (χ1v) is 8.08. The van der Waals surface area contributed by atoms with E-state index < -0.39 is 0 Å². The lowest BCUT2D eigenvalue weighted by Crippen LogP contribution is -2.04. The van der Waals surface area contributed by atoms with Crippen LogP contribution in [0, 0.1) is 0 Å². The number of rotatable bonds is 13. The Morgan fingerprint density at radius 3 is 1.95 bits per heavy atom. The van der Waals surface area contributed by atoms with Crippen molar-refractivity contribution < 1.29 is 9.53 Å². The summed E-state index contributed by atoms with van der Waals surface area (Å²) in [5.74, 6) is -0.103. The highest BCUT2D eigenvalue weighted by Gasteiger charge is 1.98. The average Bonchev–Trinajstić information content (AvgIpc) is 2.42. The van der Waals surface area contributed by atoms with Crippen LogP contribution in [0.4, 0.5) is 0 Å². The number of carbonyl (C=O) groups excluding carboxylic acids is 1. The van der Waals surface area contributed by atoms with Crippen LogP contribution in [0.2, 0.25) is 0 Å². The van der Waals surface area contributed by atoms with Crippen molar-refractivity contribution in [1.29, 1.82) is 0 Å². The second-order valence-corrected chi connectivity index (χ2v) is 5.18. The van der Waals surface area contributed by atoms with Gasteiger partial charge >= 0.3 is 5.97 Å². The predicted octanol–water partition coefficient (Wildman–Crippen LogP) is 5.42. The molecule has 0 atom stereocenters. The normalized spacial score (nSPS) is 11.1. The first kappa shape index (κ1) is 18.2. The molecular formula is C17H32O2. The molecule has 0 fully saturated rings. The van der Waals surface area contributed by atoms with E-state index in [0.29, 0.717) is 13.0 Å². The summed E-state index contributed by atoms with van der Waals surface area (Å²) < 4.78 is 5.13. The van der Waals surface area contributed by atoms with Crippen LogP contribution in [0.3, 0.4) is 0 Å². The number of carbonyl (C=O) groups is 1. The molecule has 112 valence electrons. The first-order valence-electron chi connectivity index (χ1n) is 8.08. The zero-order valence-electron chi connectivity index (χ0n) is 13.0. The maximum Gasteiger partial charge on any atom is 0.309 e. The van der Waals surface area contributed by atoms with E-state index in [1.807, 2.05) is 19.1 Å². The van der Waals surface area contributed by atoms with Gasteiger partial charge in [0.05, 0.1) is 13.0 Å². The Balaban J connectivity index is 3.08. The highest BCUT2D eigenvalue weighted by Crippen LogP contribution is 2.10. The Labute approximate surface area is 119 Å². The van der Waals surface area contributed by atoms with Gasteiger partial charge in [-0.05, 0) is 13.3 Å². The van der Waals surface area contributed by atoms with E-state index >= 15 is 0 Å². The zero-order chi connectivity index (χ0) is 14.2. The van der Waals surface area contributed by atoms with E-state index in [-0.39, 0.29) is 5.97 Å². The highest BCUT2D eigenvalue weighted by atomic mass is 16.5. The van der Waals surface area contributed by atoms with E-state index in [0.717, 1.165) is 6.42 Å². The average molecular weight is 268 g/mol. The Morgan fingerprint density at radius 1 is 0.895 bits per heavy atom. The van der Waals surface area contributed by atoms with Crippen LogP contribution in [0.15, 0.2) is 12.2 Å². The second kappa shape index (κ2) is 15.3. The van der Waals surface area contributed by atoms with Crippen LogP contribution in [-0.2, 0) is 9.53 Å². The summed E-state index contributed by atoms with van der Waals surface area (Å²) in [6, 6.07) is 0. The summed E-state index contributed by atoms with van der Waals surface area (Å²) in [6.45, 7) is 4.76. The minimum absolute atomic E-state index is 0.103.